The summed E-state index contributed by atoms with van der Waals surface area (Å²) in [7, 11) is 0. The van der Waals surface area contributed by atoms with Gasteiger partial charge in [-0.15, -0.1) is 5.10 Å². The summed E-state index contributed by atoms with van der Waals surface area (Å²) in [6.07, 6.45) is 1.88. The lowest BCUT2D eigenvalue weighted by atomic mass is 10.1. The quantitative estimate of drug-likeness (QED) is 0.549. The van der Waals surface area contributed by atoms with E-state index >= 15 is 0 Å². The number of carbonyl (C=O) groups excluding carboxylic acids is 1. The van der Waals surface area contributed by atoms with Crippen LogP contribution in [0.4, 0.5) is 0 Å². The fraction of sp³-hybridized carbons (Fsp3) is 0.667. The van der Waals surface area contributed by atoms with Gasteiger partial charge in [-0.05, 0) is 10.4 Å². The number of carbonyl (C=O) groups is 1. The molecular formula is C6H8N4O2. The maximum Gasteiger partial charge on any atom is 0.162 e. The SMILES string of the molecule is O=C1CCOCC1n1cnnn1. The molecule has 0 radical (unpaired) electrons. The van der Waals surface area contributed by atoms with Crippen molar-refractivity contribution in [2.75, 3.05) is 13.2 Å². The van der Waals surface area contributed by atoms with Crippen LogP contribution in [0.5, 0.6) is 0 Å². The molecule has 0 amide bonds. The Morgan fingerprint density at radius 2 is 2.58 bits per heavy atom. The van der Waals surface area contributed by atoms with Crippen molar-refractivity contribution in [3.8, 4) is 0 Å². The maximum atomic E-state index is 11.3. The third kappa shape index (κ3) is 1.20. The van der Waals surface area contributed by atoms with E-state index in [1.54, 1.807) is 0 Å². The molecule has 0 bridgehead atoms. The zero-order chi connectivity index (χ0) is 8.39. The largest absolute Gasteiger partial charge is 0.378 e. The number of Topliss-reactive ketones (excluding diaryl/α,β-unsaturated/α-hetero) is 1. The molecule has 1 saturated heterocycles. The lowest BCUT2D eigenvalue weighted by Gasteiger charge is -2.19. The molecule has 12 heavy (non-hydrogen) atoms. The third-order valence-electron chi connectivity index (χ3n) is 1.82. The normalized spacial score (nSPS) is 24.3. The van der Waals surface area contributed by atoms with E-state index in [1.807, 2.05) is 0 Å². The van der Waals surface area contributed by atoms with Crippen molar-refractivity contribution in [2.24, 2.45) is 0 Å². The molecule has 0 aromatic carbocycles. The second kappa shape index (κ2) is 2.98. The minimum absolute atomic E-state index is 0.133. The van der Waals surface area contributed by atoms with Crippen LogP contribution in [0.2, 0.25) is 0 Å². The summed E-state index contributed by atoms with van der Waals surface area (Å²) in [6.45, 7) is 0.890. The summed E-state index contributed by atoms with van der Waals surface area (Å²) in [5, 5.41) is 10.6. The Bertz CT molecular complexity index is 271. The molecule has 1 fully saturated rings. The highest BCUT2D eigenvalue weighted by Crippen LogP contribution is 2.13. The summed E-state index contributed by atoms with van der Waals surface area (Å²) < 4.78 is 6.57. The number of hydrogen-bond donors (Lipinski definition) is 0. The second-order valence-corrected chi connectivity index (χ2v) is 2.60. The van der Waals surface area contributed by atoms with Crippen molar-refractivity contribution in [1.82, 2.24) is 20.2 Å². The molecular weight excluding hydrogens is 160 g/mol. The number of rotatable bonds is 1. The maximum absolute atomic E-state index is 11.3. The van der Waals surface area contributed by atoms with E-state index in [2.05, 4.69) is 15.5 Å². The minimum atomic E-state index is -0.325. The van der Waals surface area contributed by atoms with Gasteiger partial charge in [-0.2, -0.15) is 0 Å². The summed E-state index contributed by atoms with van der Waals surface area (Å²) in [4.78, 5) is 11.3. The van der Waals surface area contributed by atoms with E-state index in [4.69, 9.17) is 4.74 Å². The molecule has 1 aliphatic rings. The highest BCUT2D eigenvalue weighted by atomic mass is 16.5. The zero-order valence-electron chi connectivity index (χ0n) is 6.38. The van der Waals surface area contributed by atoms with Crippen molar-refractivity contribution in [3.05, 3.63) is 6.33 Å². The molecule has 1 atom stereocenters. The fourth-order valence-corrected chi connectivity index (χ4v) is 1.16. The highest BCUT2D eigenvalue weighted by Gasteiger charge is 2.25. The Morgan fingerprint density at radius 3 is 3.25 bits per heavy atom. The molecule has 2 rings (SSSR count). The van der Waals surface area contributed by atoms with Crippen LogP contribution in [0.15, 0.2) is 6.33 Å². The van der Waals surface area contributed by atoms with Gasteiger partial charge in [0.2, 0.25) is 0 Å². The molecule has 2 heterocycles. The molecule has 64 valence electrons. The predicted octanol–water partition coefficient (Wildman–Crippen LogP) is -0.796. The summed E-state index contributed by atoms with van der Waals surface area (Å²) >= 11 is 0. The Labute approximate surface area is 68.5 Å². The second-order valence-electron chi connectivity index (χ2n) is 2.60. The van der Waals surface area contributed by atoms with E-state index < -0.39 is 0 Å². The van der Waals surface area contributed by atoms with Crippen molar-refractivity contribution >= 4 is 5.78 Å². The first kappa shape index (κ1) is 7.35. The highest BCUT2D eigenvalue weighted by molar-refractivity contribution is 5.83. The summed E-state index contributed by atoms with van der Waals surface area (Å²) in [5.74, 6) is 0.133. The van der Waals surface area contributed by atoms with Crippen molar-refractivity contribution < 1.29 is 9.53 Å². The van der Waals surface area contributed by atoms with Crippen LogP contribution in [-0.4, -0.2) is 39.2 Å². The third-order valence-corrected chi connectivity index (χ3v) is 1.82. The molecule has 1 unspecified atom stereocenters. The van der Waals surface area contributed by atoms with Gasteiger partial charge < -0.3 is 4.74 Å². The van der Waals surface area contributed by atoms with Crippen LogP contribution in [0.3, 0.4) is 0 Å². The first-order chi connectivity index (χ1) is 5.88. The van der Waals surface area contributed by atoms with Gasteiger partial charge in [0.25, 0.3) is 0 Å². The average molecular weight is 168 g/mol. The molecule has 1 aromatic rings. The van der Waals surface area contributed by atoms with Crippen LogP contribution in [-0.2, 0) is 9.53 Å². The van der Waals surface area contributed by atoms with E-state index in [0.717, 1.165) is 0 Å². The number of ketones is 1. The van der Waals surface area contributed by atoms with Gasteiger partial charge in [-0.25, -0.2) is 4.68 Å². The number of nitrogens with zero attached hydrogens (tertiary/aromatic N) is 4. The number of aromatic nitrogens is 4. The van der Waals surface area contributed by atoms with E-state index in [0.29, 0.717) is 19.6 Å². The first-order valence-corrected chi connectivity index (χ1v) is 3.71. The lowest BCUT2D eigenvalue weighted by Crippen LogP contribution is -2.30. The fourth-order valence-electron chi connectivity index (χ4n) is 1.16. The Morgan fingerprint density at radius 1 is 1.67 bits per heavy atom. The van der Waals surface area contributed by atoms with E-state index in [-0.39, 0.29) is 11.8 Å². The topological polar surface area (TPSA) is 69.9 Å². The monoisotopic (exact) mass is 168 g/mol. The van der Waals surface area contributed by atoms with Gasteiger partial charge in [0.05, 0.1) is 13.2 Å². The molecule has 0 saturated carbocycles. The number of hydrogen-bond acceptors (Lipinski definition) is 5. The van der Waals surface area contributed by atoms with Gasteiger partial charge in [-0.3, -0.25) is 4.79 Å². The van der Waals surface area contributed by atoms with Crippen LogP contribution >= 0.6 is 0 Å². The minimum Gasteiger partial charge on any atom is -0.378 e. The Kier molecular flexibility index (Phi) is 1.83. The molecule has 0 N–H and O–H groups in total. The zero-order valence-corrected chi connectivity index (χ0v) is 6.38. The van der Waals surface area contributed by atoms with Gasteiger partial charge in [0, 0.05) is 6.42 Å². The molecule has 0 aliphatic carbocycles. The predicted molar refractivity (Wildman–Crippen MR) is 37.3 cm³/mol. The average Bonchev–Trinajstić information content (AvgIpc) is 2.57. The number of ether oxygens (including phenoxy) is 1. The standard InChI is InChI=1S/C6H8N4O2/c11-6-1-2-12-3-5(6)10-4-7-8-9-10/h4-5H,1-3H2. The van der Waals surface area contributed by atoms with Gasteiger partial charge >= 0.3 is 0 Å². The van der Waals surface area contributed by atoms with Crippen LogP contribution in [0, 0.1) is 0 Å². The van der Waals surface area contributed by atoms with Gasteiger partial charge in [0.1, 0.15) is 12.4 Å². The van der Waals surface area contributed by atoms with Crippen LogP contribution in [0.25, 0.3) is 0 Å². The Balaban J connectivity index is 2.17. The Hall–Kier alpha value is -1.30. The van der Waals surface area contributed by atoms with Gasteiger partial charge in [0.15, 0.2) is 5.78 Å². The van der Waals surface area contributed by atoms with Crippen molar-refractivity contribution in [3.63, 3.8) is 0 Å². The molecule has 0 spiro atoms. The number of tetrazole rings is 1. The molecule has 6 nitrogen and oxygen atoms in total. The first-order valence-electron chi connectivity index (χ1n) is 3.71. The lowest BCUT2D eigenvalue weighted by molar-refractivity contribution is -0.129. The van der Waals surface area contributed by atoms with Crippen molar-refractivity contribution in [1.29, 1.82) is 0 Å². The molecule has 6 heteroatoms. The van der Waals surface area contributed by atoms with Crippen LogP contribution < -0.4 is 0 Å². The smallest absolute Gasteiger partial charge is 0.162 e. The van der Waals surface area contributed by atoms with Crippen molar-refractivity contribution in [2.45, 2.75) is 12.5 Å². The van der Waals surface area contributed by atoms with Crippen LogP contribution in [0.1, 0.15) is 12.5 Å². The molecule has 1 aromatic heterocycles. The molecule has 1 aliphatic heterocycles. The van der Waals surface area contributed by atoms with E-state index in [9.17, 15) is 4.79 Å². The summed E-state index contributed by atoms with van der Waals surface area (Å²) in [6, 6.07) is -0.325. The summed E-state index contributed by atoms with van der Waals surface area (Å²) in [5.41, 5.74) is 0. The van der Waals surface area contributed by atoms with E-state index in [1.165, 1.54) is 11.0 Å². The van der Waals surface area contributed by atoms with Gasteiger partial charge in [-0.1, -0.05) is 0 Å².